The second-order valence-electron chi connectivity index (χ2n) is 7.05. The van der Waals surface area contributed by atoms with Crippen molar-refractivity contribution in [2.45, 2.75) is 0 Å². The molecule has 0 saturated heterocycles. The van der Waals surface area contributed by atoms with E-state index >= 15 is 0 Å². The van der Waals surface area contributed by atoms with Gasteiger partial charge < -0.3 is 10.6 Å². The summed E-state index contributed by atoms with van der Waals surface area (Å²) in [7, 11) is 0. The molecule has 0 aromatic heterocycles. The maximum Gasteiger partial charge on any atom is 0.283 e. The molecule has 4 rings (SSSR count). The minimum absolute atomic E-state index is 0.0599. The van der Waals surface area contributed by atoms with Gasteiger partial charge in [-0.2, -0.15) is 0 Å². The molecule has 1 aliphatic rings. The number of amides is 3. The van der Waals surface area contributed by atoms with Gasteiger partial charge in [0, 0.05) is 27.0 Å². The summed E-state index contributed by atoms with van der Waals surface area (Å²) in [6, 6.07) is 14.2. The van der Waals surface area contributed by atoms with Crippen molar-refractivity contribution in [2.24, 2.45) is 0 Å². The summed E-state index contributed by atoms with van der Waals surface area (Å²) in [5.41, 5.74) is 0.828. The van der Waals surface area contributed by atoms with Crippen LogP contribution in [0.1, 0.15) is 10.4 Å². The van der Waals surface area contributed by atoms with Crippen LogP contribution in [0.4, 0.5) is 21.5 Å². The first-order valence-corrected chi connectivity index (χ1v) is 11.0. The first-order chi connectivity index (χ1) is 16.1. The lowest BCUT2D eigenvalue weighted by Crippen LogP contribution is -2.32. The highest BCUT2D eigenvalue weighted by atomic mass is 35.5. The fourth-order valence-electron chi connectivity index (χ4n) is 3.18. The summed E-state index contributed by atoms with van der Waals surface area (Å²) in [5.74, 6) is -2.72. The molecule has 0 aliphatic carbocycles. The van der Waals surface area contributed by atoms with Crippen LogP contribution in [-0.4, -0.2) is 17.7 Å². The quantitative estimate of drug-likeness (QED) is 0.365. The highest BCUT2D eigenvalue weighted by Crippen LogP contribution is 2.32. The van der Waals surface area contributed by atoms with Crippen LogP contribution in [0.3, 0.4) is 0 Å². The number of nitrogens with one attached hydrogen (secondary N) is 2. The molecule has 0 spiro atoms. The number of carbonyl (C=O) groups is 3. The van der Waals surface area contributed by atoms with Crippen LogP contribution in [0.5, 0.6) is 0 Å². The van der Waals surface area contributed by atoms with Gasteiger partial charge in [-0.1, -0.05) is 52.5 Å². The number of carbonyl (C=O) groups excluding carboxylic acids is 3. The Balaban J connectivity index is 1.55. The van der Waals surface area contributed by atoms with E-state index in [4.69, 9.17) is 46.4 Å². The Morgan fingerprint density at radius 3 is 2.21 bits per heavy atom. The predicted molar refractivity (Wildman–Crippen MR) is 131 cm³/mol. The van der Waals surface area contributed by atoms with Gasteiger partial charge in [0.1, 0.15) is 16.5 Å². The summed E-state index contributed by atoms with van der Waals surface area (Å²) in [5, 5.41) is 5.55. The Bertz CT molecular complexity index is 1370. The Labute approximate surface area is 212 Å². The summed E-state index contributed by atoms with van der Waals surface area (Å²) in [4.78, 5) is 39.0. The van der Waals surface area contributed by atoms with Crippen LogP contribution in [0.25, 0.3) is 0 Å². The molecule has 11 heteroatoms. The lowest BCUT2D eigenvalue weighted by molar-refractivity contribution is -0.120. The van der Waals surface area contributed by atoms with Crippen LogP contribution < -0.4 is 15.5 Å². The van der Waals surface area contributed by atoms with E-state index in [1.54, 1.807) is 18.2 Å². The number of imide groups is 1. The van der Waals surface area contributed by atoms with E-state index in [0.29, 0.717) is 21.4 Å². The number of hydrogen-bond acceptors (Lipinski definition) is 4. The minimum atomic E-state index is -0.802. The third-order valence-electron chi connectivity index (χ3n) is 4.70. The van der Waals surface area contributed by atoms with E-state index in [9.17, 15) is 18.8 Å². The van der Waals surface area contributed by atoms with Gasteiger partial charge in [-0.05, 0) is 54.6 Å². The zero-order chi connectivity index (χ0) is 24.6. The molecule has 3 amide bonds. The van der Waals surface area contributed by atoms with Crippen molar-refractivity contribution in [2.75, 3.05) is 15.5 Å². The molecule has 0 saturated carbocycles. The van der Waals surface area contributed by atoms with Gasteiger partial charge >= 0.3 is 0 Å². The highest BCUT2D eigenvalue weighted by molar-refractivity contribution is 6.53. The molecule has 172 valence electrons. The van der Waals surface area contributed by atoms with Crippen molar-refractivity contribution >= 4 is 81.2 Å². The van der Waals surface area contributed by atoms with Crippen molar-refractivity contribution in [1.29, 1.82) is 0 Å². The maximum atomic E-state index is 13.5. The van der Waals surface area contributed by atoms with Gasteiger partial charge in [0.2, 0.25) is 0 Å². The van der Waals surface area contributed by atoms with E-state index in [1.165, 1.54) is 30.3 Å². The van der Waals surface area contributed by atoms with Crippen molar-refractivity contribution in [3.05, 3.63) is 97.8 Å². The molecule has 34 heavy (non-hydrogen) atoms. The van der Waals surface area contributed by atoms with Gasteiger partial charge in [-0.25, -0.2) is 9.29 Å². The number of halogens is 5. The maximum absolute atomic E-state index is 13.5. The van der Waals surface area contributed by atoms with Crippen LogP contribution >= 0.6 is 46.4 Å². The van der Waals surface area contributed by atoms with Crippen LogP contribution in [0, 0.1) is 5.82 Å². The molecule has 3 aromatic carbocycles. The zero-order valence-electron chi connectivity index (χ0n) is 16.8. The van der Waals surface area contributed by atoms with Crippen molar-refractivity contribution < 1.29 is 18.8 Å². The normalized spacial score (nSPS) is 13.5. The molecule has 1 heterocycles. The Morgan fingerprint density at radius 1 is 0.824 bits per heavy atom. The van der Waals surface area contributed by atoms with E-state index in [0.717, 1.165) is 17.0 Å². The summed E-state index contributed by atoms with van der Waals surface area (Å²) >= 11 is 23.8. The first kappa shape index (κ1) is 24.0. The number of rotatable bonds is 5. The van der Waals surface area contributed by atoms with Crippen LogP contribution in [0.15, 0.2) is 71.4 Å². The molecule has 0 radical (unpaired) electrons. The third kappa shape index (κ3) is 4.88. The zero-order valence-corrected chi connectivity index (χ0v) is 19.9. The van der Waals surface area contributed by atoms with E-state index in [-0.39, 0.29) is 27.0 Å². The molecule has 1 aliphatic heterocycles. The second-order valence-corrected chi connectivity index (χ2v) is 8.71. The van der Waals surface area contributed by atoms with Gasteiger partial charge in [-0.3, -0.25) is 14.4 Å². The van der Waals surface area contributed by atoms with Crippen molar-refractivity contribution in [3.63, 3.8) is 0 Å². The van der Waals surface area contributed by atoms with Crippen LogP contribution in [-0.2, 0) is 9.59 Å². The molecular weight excluding hydrogens is 527 g/mol. The molecule has 0 bridgehead atoms. The van der Waals surface area contributed by atoms with E-state index in [2.05, 4.69) is 10.6 Å². The lowest BCUT2D eigenvalue weighted by atomic mass is 10.1. The predicted octanol–water partition coefficient (Wildman–Crippen LogP) is 6.47. The smallest absolute Gasteiger partial charge is 0.283 e. The van der Waals surface area contributed by atoms with Crippen molar-refractivity contribution in [1.82, 2.24) is 0 Å². The number of benzene rings is 3. The molecule has 3 aromatic rings. The Hall–Kier alpha value is -3.10. The molecule has 0 atom stereocenters. The van der Waals surface area contributed by atoms with Gasteiger partial charge in [-0.15, -0.1) is 0 Å². The highest BCUT2D eigenvalue weighted by Gasteiger charge is 2.39. The van der Waals surface area contributed by atoms with Crippen LogP contribution in [0.2, 0.25) is 15.1 Å². The second kappa shape index (κ2) is 9.64. The van der Waals surface area contributed by atoms with Gasteiger partial charge in [0.15, 0.2) is 0 Å². The standard InChI is InChI=1S/C23H12Cl4FN3O3/c24-12-7-13(25)9-15(8-12)30-21(32)11-2-1-3-14(6-11)29-20-19(27)22(33)31(23(20)34)16-4-5-18(28)17(26)10-16/h1-10,29H,(H,30,32). The number of hydrogen-bond donors (Lipinski definition) is 2. The number of anilines is 3. The van der Waals surface area contributed by atoms with Crippen molar-refractivity contribution in [3.8, 4) is 0 Å². The first-order valence-electron chi connectivity index (χ1n) is 9.52. The topological polar surface area (TPSA) is 78.5 Å². The molecular formula is C23H12Cl4FN3O3. The fraction of sp³-hybridized carbons (Fsp3) is 0. The Kier molecular flexibility index (Phi) is 6.81. The minimum Gasteiger partial charge on any atom is -0.350 e. The summed E-state index contributed by atoms with van der Waals surface area (Å²) in [6.45, 7) is 0. The molecule has 6 nitrogen and oxygen atoms in total. The number of nitrogens with zero attached hydrogens (tertiary/aromatic N) is 1. The lowest BCUT2D eigenvalue weighted by Gasteiger charge is -2.15. The van der Waals surface area contributed by atoms with Gasteiger partial charge in [0.05, 0.1) is 10.7 Å². The average molecular weight is 539 g/mol. The van der Waals surface area contributed by atoms with E-state index < -0.39 is 23.5 Å². The summed E-state index contributed by atoms with van der Waals surface area (Å²) in [6.07, 6.45) is 0. The fourth-order valence-corrected chi connectivity index (χ4v) is 4.10. The molecule has 0 unspecified atom stereocenters. The average Bonchev–Trinajstić information content (AvgIpc) is 2.98. The molecule has 2 N–H and O–H groups in total. The van der Waals surface area contributed by atoms with Gasteiger partial charge in [0.25, 0.3) is 17.7 Å². The van der Waals surface area contributed by atoms with E-state index in [1.807, 2.05) is 0 Å². The SMILES string of the molecule is O=C(Nc1cc(Cl)cc(Cl)c1)c1cccc(NC2=C(Cl)C(=O)N(c3ccc(F)c(Cl)c3)C2=O)c1. The largest absolute Gasteiger partial charge is 0.350 e. The monoisotopic (exact) mass is 537 g/mol. The third-order valence-corrected chi connectivity index (χ3v) is 5.78. The summed E-state index contributed by atoms with van der Waals surface area (Å²) < 4.78 is 13.5. The Morgan fingerprint density at radius 2 is 1.53 bits per heavy atom. The molecule has 0 fully saturated rings.